The molecule has 1 aromatic heterocycles. The van der Waals surface area contributed by atoms with Gasteiger partial charge in [-0.1, -0.05) is 18.2 Å². The number of thiophene rings is 1. The summed E-state index contributed by atoms with van der Waals surface area (Å²) in [6.45, 7) is 6.96. The molecule has 1 N–H and O–H groups in total. The van der Waals surface area contributed by atoms with E-state index in [0.717, 1.165) is 22.4 Å². The fourth-order valence-corrected chi connectivity index (χ4v) is 3.57. The predicted octanol–water partition coefficient (Wildman–Crippen LogP) is 5.32. The maximum atomic E-state index is 12.9. The van der Waals surface area contributed by atoms with Gasteiger partial charge in [-0.15, -0.1) is 11.3 Å². The summed E-state index contributed by atoms with van der Waals surface area (Å²) >= 11 is 1.39. The summed E-state index contributed by atoms with van der Waals surface area (Å²) in [5.41, 5.74) is 5.32. The van der Waals surface area contributed by atoms with Crippen molar-refractivity contribution in [3.63, 3.8) is 0 Å². The number of aryl methyl sites for hydroxylation is 2. The molecule has 0 spiro atoms. The molecule has 0 atom stereocenters. The van der Waals surface area contributed by atoms with Gasteiger partial charge in [0.2, 0.25) is 0 Å². The Bertz CT molecular complexity index is 947. The second-order valence-corrected chi connectivity index (χ2v) is 7.53. The van der Waals surface area contributed by atoms with Gasteiger partial charge in [-0.3, -0.25) is 4.79 Å². The van der Waals surface area contributed by atoms with Crippen LogP contribution in [0.1, 0.15) is 37.5 Å². The van der Waals surface area contributed by atoms with E-state index in [2.05, 4.69) is 18.3 Å². The normalized spacial score (nSPS) is 10.7. The lowest BCUT2D eigenvalue weighted by Crippen LogP contribution is -2.21. The lowest BCUT2D eigenvalue weighted by molar-refractivity contribution is 0.0955. The summed E-state index contributed by atoms with van der Waals surface area (Å²) < 4.78 is 18.9. The Hall–Kier alpha value is -2.66. The monoisotopic (exact) mass is 383 g/mol. The zero-order chi connectivity index (χ0) is 19.4. The van der Waals surface area contributed by atoms with Crippen molar-refractivity contribution < 1.29 is 13.9 Å². The van der Waals surface area contributed by atoms with Gasteiger partial charge in [-0.2, -0.15) is 0 Å². The summed E-state index contributed by atoms with van der Waals surface area (Å²) in [5.74, 6) is 0.450. The lowest BCUT2D eigenvalue weighted by atomic mass is 10.1. The first-order chi connectivity index (χ1) is 12.9. The number of ether oxygens (including phenoxy) is 1. The first-order valence-corrected chi connectivity index (χ1v) is 9.61. The highest BCUT2D eigenvalue weighted by Crippen LogP contribution is 2.25. The van der Waals surface area contributed by atoms with Crippen LogP contribution in [0.4, 0.5) is 4.39 Å². The largest absolute Gasteiger partial charge is 0.489 e. The molecule has 2 aromatic carbocycles. The van der Waals surface area contributed by atoms with Crippen LogP contribution in [0.15, 0.2) is 47.8 Å². The molecule has 3 aromatic rings. The number of hydrogen-bond acceptors (Lipinski definition) is 3. The lowest BCUT2D eigenvalue weighted by Gasteiger charge is -2.11. The Morgan fingerprint density at radius 3 is 2.56 bits per heavy atom. The van der Waals surface area contributed by atoms with Crippen molar-refractivity contribution >= 4 is 17.2 Å². The predicted molar refractivity (Wildman–Crippen MR) is 107 cm³/mol. The van der Waals surface area contributed by atoms with Crippen LogP contribution in [0.25, 0.3) is 0 Å². The molecule has 140 valence electrons. The molecule has 3 nitrogen and oxygen atoms in total. The van der Waals surface area contributed by atoms with Crippen LogP contribution in [-0.4, -0.2) is 5.91 Å². The summed E-state index contributed by atoms with van der Waals surface area (Å²) in [5, 5.41) is 4.79. The molecule has 0 bridgehead atoms. The number of benzene rings is 2. The van der Waals surface area contributed by atoms with Crippen LogP contribution < -0.4 is 10.1 Å². The summed E-state index contributed by atoms with van der Waals surface area (Å²) in [7, 11) is 0. The number of carbonyl (C=O) groups excluding carboxylic acids is 1. The molecule has 0 fully saturated rings. The average Bonchev–Trinajstić information content (AvgIpc) is 3.12. The number of carbonyl (C=O) groups is 1. The molecule has 1 heterocycles. The molecule has 0 saturated carbocycles. The Kier molecular flexibility index (Phi) is 5.91. The van der Waals surface area contributed by atoms with E-state index in [9.17, 15) is 9.18 Å². The highest BCUT2D eigenvalue weighted by Gasteiger charge is 2.10. The van der Waals surface area contributed by atoms with E-state index in [1.807, 2.05) is 31.4 Å². The molecular weight excluding hydrogens is 361 g/mol. The minimum absolute atomic E-state index is 0.141. The van der Waals surface area contributed by atoms with E-state index < -0.39 is 0 Å². The molecule has 3 rings (SSSR count). The summed E-state index contributed by atoms with van der Waals surface area (Å²) in [4.78, 5) is 12.9. The van der Waals surface area contributed by atoms with Crippen molar-refractivity contribution in [2.24, 2.45) is 0 Å². The number of halogens is 1. The maximum absolute atomic E-state index is 12.9. The van der Waals surface area contributed by atoms with E-state index in [4.69, 9.17) is 4.74 Å². The van der Waals surface area contributed by atoms with Crippen LogP contribution in [-0.2, 0) is 13.2 Å². The van der Waals surface area contributed by atoms with Crippen LogP contribution >= 0.6 is 11.3 Å². The van der Waals surface area contributed by atoms with Gasteiger partial charge in [0, 0.05) is 12.1 Å². The van der Waals surface area contributed by atoms with Gasteiger partial charge in [-0.05, 0) is 72.7 Å². The van der Waals surface area contributed by atoms with Gasteiger partial charge in [0.15, 0.2) is 0 Å². The maximum Gasteiger partial charge on any atom is 0.261 e. The standard InChI is InChI=1S/C22H22FNO2S/c1-14-8-15(2)16(3)20(9-14)26-12-18-10-21(27-13-18)22(25)24-11-17-4-6-19(23)7-5-17/h4-10,13H,11-12H2,1-3H3,(H,24,25). The minimum Gasteiger partial charge on any atom is -0.489 e. The van der Waals surface area contributed by atoms with Gasteiger partial charge in [0.05, 0.1) is 4.88 Å². The third-order valence-electron chi connectivity index (χ3n) is 4.40. The Morgan fingerprint density at radius 1 is 1.07 bits per heavy atom. The third kappa shape index (κ3) is 4.95. The highest BCUT2D eigenvalue weighted by atomic mass is 32.1. The van der Waals surface area contributed by atoms with E-state index >= 15 is 0 Å². The van der Waals surface area contributed by atoms with E-state index in [1.165, 1.54) is 34.6 Å². The first-order valence-electron chi connectivity index (χ1n) is 8.73. The molecule has 0 aliphatic heterocycles. The topological polar surface area (TPSA) is 38.3 Å². The number of hydrogen-bond donors (Lipinski definition) is 1. The molecule has 5 heteroatoms. The third-order valence-corrected chi connectivity index (χ3v) is 5.38. The van der Waals surface area contributed by atoms with E-state index in [1.54, 1.807) is 12.1 Å². The average molecular weight is 383 g/mol. The van der Waals surface area contributed by atoms with Crippen molar-refractivity contribution in [2.75, 3.05) is 0 Å². The van der Waals surface area contributed by atoms with Crippen molar-refractivity contribution in [1.29, 1.82) is 0 Å². The summed E-state index contributed by atoms with van der Waals surface area (Å²) in [6, 6.07) is 12.1. The highest BCUT2D eigenvalue weighted by molar-refractivity contribution is 7.12. The zero-order valence-corrected chi connectivity index (χ0v) is 16.5. The molecule has 0 radical (unpaired) electrons. The quantitative estimate of drug-likeness (QED) is 0.625. The van der Waals surface area contributed by atoms with Crippen LogP contribution in [0.3, 0.4) is 0 Å². The van der Waals surface area contributed by atoms with Crippen molar-refractivity contribution in [1.82, 2.24) is 5.32 Å². The number of nitrogens with one attached hydrogen (secondary N) is 1. The van der Waals surface area contributed by atoms with E-state index in [0.29, 0.717) is 18.0 Å². The number of rotatable bonds is 6. The van der Waals surface area contributed by atoms with Gasteiger partial charge in [0.25, 0.3) is 5.91 Å². The Balaban J connectivity index is 1.58. The second kappa shape index (κ2) is 8.35. The fourth-order valence-electron chi connectivity index (χ4n) is 2.75. The first kappa shape index (κ1) is 19.1. The SMILES string of the molecule is Cc1cc(C)c(C)c(OCc2csc(C(=O)NCc3ccc(F)cc3)c2)c1. The van der Waals surface area contributed by atoms with Gasteiger partial charge in [0.1, 0.15) is 18.2 Å². The number of amides is 1. The van der Waals surface area contributed by atoms with Crippen LogP contribution in [0.2, 0.25) is 0 Å². The molecular formula is C22H22FNO2S. The van der Waals surface area contributed by atoms with E-state index in [-0.39, 0.29) is 11.7 Å². The fraction of sp³-hybridized carbons (Fsp3) is 0.227. The van der Waals surface area contributed by atoms with Gasteiger partial charge < -0.3 is 10.1 Å². The van der Waals surface area contributed by atoms with Crippen molar-refractivity contribution in [3.8, 4) is 5.75 Å². The smallest absolute Gasteiger partial charge is 0.261 e. The van der Waals surface area contributed by atoms with Gasteiger partial charge in [-0.25, -0.2) is 4.39 Å². The second-order valence-electron chi connectivity index (χ2n) is 6.62. The molecule has 0 aliphatic rings. The van der Waals surface area contributed by atoms with Crippen LogP contribution in [0, 0.1) is 26.6 Å². The molecule has 27 heavy (non-hydrogen) atoms. The molecule has 0 saturated heterocycles. The molecule has 0 aliphatic carbocycles. The van der Waals surface area contributed by atoms with Gasteiger partial charge >= 0.3 is 0 Å². The zero-order valence-electron chi connectivity index (χ0n) is 15.6. The summed E-state index contributed by atoms with van der Waals surface area (Å²) in [6.07, 6.45) is 0. The Labute approximate surface area is 162 Å². The molecule has 1 amide bonds. The van der Waals surface area contributed by atoms with Crippen molar-refractivity contribution in [2.45, 2.75) is 33.9 Å². The minimum atomic E-state index is -0.285. The van der Waals surface area contributed by atoms with Crippen molar-refractivity contribution in [3.05, 3.63) is 86.4 Å². The molecule has 0 unspecified atom stereocenters. The Morgan fingerprint density at radius 2 is 1.81 bits per heavy atom. The van der Waals surface area contributed by atoms with Crippen LogP contribution in [0.5, 0.6) is 5.75 Å².